The van der Waals surface area contributed by atoms with E-state index >= 15 is 0 Å². The zero-order valence-electron chi connectivity index (χ0n) is 32.7. The minimum atomic E-state index is 1.09. The Balaban J connectivity index is 1.06. The first-order chi connectivity index (χ1) is 28.6. The first-order valence-corrected chi connectivity index (χ1v) is 20.0. The van der Waals surface area contributed by atoms with Crippen molar-refractivity contribution in [1.29, 1.82) is 0 Å². The van der Waals surface area contributed by atoms with Gasteiger partial charge in [0.25, 0.3) is 0 Å². The van der Waals surface area contributed by atoms with Crippen LogP contribution in [0.4, 0.5) is 17.1 Å². The van der Waals surface area contributed by atoms with E-state index in [0.29, 0.717) is 0 Å². The Morgan fingerprint density at radius 3 is 1.34 bits per heavy atom. The standard InChI is InChI=1S/C56H42N2/c1-39-23-33-55-53(35-39)54-36-40(2)24-34-56(54)58(55)50-20-12-18-46(38-50)45-17-11-19-49(37-45)57(47-29-25-42(26-30-47)41-13-5-3-6-14-41)48-31-27-44(28-32-48)52-22-10-9-21-51(52)43-15-7-4-8-16-43/h3-38H,1-2H3. The number of hydrogen-bond donors (Lipinski definition) is 0. The molecule has 0 amide bonds. The summed E-state index contributed by atoms with van der Waals surface area (Å²) in [6.07, 6.45) is 0. The number of rotatable bonds is 8. The second kappa shape index (κ2) is 14.9. The zero-order chi connectivity index (χ0) is 39.0. The zero-order valence-corrected chi connectivity index (χ0v) is 32.7. The molecule has 0 aliphatic carbocycles. The first-order valence-electron chi connectivity index (χ1n) is 20.0. The third kappa shape index (κ3) is 6.55. The molecule has 10 rings (SSSR count). The van der Waals surface area contributed by atoms with Crippen molar-refractivity contribution in [2.24, 2.45) is 0 Å². The monoisotopic (exact) mass is 742 g/mol. The van der Waals surface area contributed by atoms with Crippen LogP contribution < -0.4 is 4.90 Å². The Morgan fingerprint density at radius 2 is 0.759 bits per heavy atom. The highest BCUT2D eigenvalue weighted by molar-refractivity contribution is 6.09. The number of nitrogens with zero attached hydrogens (tertiary/aromatic N) is 2. The number of anilines is 3. The molecule has 0 radical (unpaired) electrons. The molecule has 276 valence electrons. The normalized spacial score (nSPS) is 11.3. The van der Waals surface area contributed by atoms with Crippen molar-refractivity contribution in [2.75, 3.05) is 4.90 Å². The van der Waals surface area contributed by atoms with Gasteiger partial charge < -0.3 is 9.47 Å². The van der Waals surface area contributed by atoms with Crippen LogP contribution in [0, 0.1) is 13.8 Å². The molecule has 0 saturated carbocycles. The SMILES string of the molecule is Cc1ccc2c(c1)c1cc(C)ccc1n2-c1cccc(-c2cccc(N(c3ccc(-c4ccccc4)cc3)c3ccc(-c4ccccc4-c4ccccc4)cc3)c2)c1. The molecule has 2 nitrogen and oxygen atoms in total. The van der Waals surface area contributed by atoms with Crippen molar-refractivity contribution in [3.05, 3.63) is 230 Å². The molecule has 58 heavy (non-hydrogen) atoms. The topological polar surface area (TPSA) is 8.17 Å². The van der Waals surface area contributed by atoms with Crippen LogP contribution >= 0.6 is 0 Å². The quantitative estimate of drug-likeness (QED) is 0.150. The molecule has 0 N–H and O–H groups in total. The summed E-state index contributed by atoms with van der Waals surface area (Å²) >= 11 is 0. The average Bonchev–Trinajstić information content (AvgIpc) is 3.60. The predicted octanol–water partition coefficient (Wildman–Crippen LogP) is 15.5. The fourth-order valence-corrected chi connectivity index (χ4v) is 8.45. The van der Waals surface area contributed by atoms with Gasteiger partial charge in [0, 0.05) is 33.5 Å². The van der Waals surface area contributed by atoms with E-state index in [2.05, 4.69) is 242 Å². The first kappa shape index (κ1) is 35.0. The van der Waals surface area contributed by atoms with E-state index in [-0.39, 0.29) is 0 Å². The van der Waals surface area contributed by atoms with Gasteiger partial charge in [0.1, 0.15) is 0 Å². The number of aryl methyl sites for hydroxylation is 2. The summed E-state index contributed by atoms with van der Waals surface area (Å²) in [5.41, 5.74) is 19.0. The molecule has 0 fully saturated rings. The summed E-state index contributed by atoms with van der Waals surface area (Å²) in [6.45, 7) is 4.35. The minimum Gasteiger partial charge on any atom is -0.310 e. The highest BCUT2D eigenvalue weighted by Gasteiger charge is 2.17. The largest absolute Gasteiger partial charge is 0.310 e. The summed E-state index contributed by atoms with van der Waals surface area (Å²) in [4.78, 5) is 2.37. The van der Waals surface area contributed by atoms with Crippen molar-refractivity contribution in [2.45, 2.75) is 13.8 Å². The number of fused-ring (bicyclic) bond motifs is 3. The van der Waals surface area contributed by atoms with Gasteiger partial charge in [-0.15, -0.1) is 0 Å². The van der Waals surface area contributed by atoms with Gasteiger partial charge in [-0.25, -0.2) is 0 Å². The maximum absolute atomic E-state index is 2.41. The van der Waals surface area contributed by atoms with E-state index in [1.54, 1.807) is 0 Å². The highest BCUT2D eigenvalue weighted by Crippen LogP contribution is 2.40. The molecular weight excluding hydrogens is 701 g/mol. The van der Waals surface area contributed by atoms with Crippen LogP contribution in [0.15, 0.2) is 218 Å². The van der Waals surface area contributed by atoms with Crippen LogP contribution in [0.25, 0.3) is 72.0 Å². The second-order valence-corrected chi connectivity index (χ2v) is 15.2. The fraction of sp³-hybridized carbons (Fsp3) is 0.0357. The van der Waals surface area contributed by atoms with Crippen LogP contribution in [-0.2, 0) is 0 Å². The molecule has 1 aromatic heterocycles. The van der Waals surface area contributed by atoms with Gasteiger partial charge in [-0.3, -0.25) is 0 Å². The van der Waals surface area contributed by atoms with Crippen molar-refractivity contribution in [1.82, 2.24) is 4.57 Å². The van der Waals surface area contributed by atoms with Crippen LogP contribution in [0.2, 0.25) is 0 Å². The molecule has 10 aromatic rings. The van der Waals surface area contributed by atoms with Gasteiger partial charge >= 0.3 is 0 Å². The van der Waals surface area contributed by atoms with Crippen LogP contribution in [-0.4, -0.2) is 4.57 Å². The van der Waals surface area contributed by atoms with Gasteiger partial charge in [0.05, 0.1) is 11.0 Å². The summed E-state index contributed by atoms with van der Waals surface area (Å²) in [7, 11) is 0. The molecule has 0 saturated heterocycles. The van der Waals surface area contributed by atoms with Gasteiger partial charge in [0.15, 0.2) is 0 Å². The summed E-state index contributed by atoms with van der Waals surface area (Å²) in [6, 6.07) is 79.3. The Hall–Kier alpha value is -7.42. The Labute approximate surface area is 340 Å². The molecule has 0 unspecified atom stereocenters. The smallest absolute Gasteiger partial charge is 0.0541 e. The van der Waals surface area contributed by atoms with Crippen LogP contribution in [0.3, 0.4) is 0 Å². The third-order valence-corrected chi connectivity index (χ3v) is 11.3. The number of hydrogen-bond acceptors (Lipinski definition) is 1. The van der Waals surface area contributed by atoms with E-state index in [1.165, 1.54) is 71.9 Å². The maximum Gasteiger partial charge on any atom is 0.0541 e. The predicted molar refractivity (Wildman–Crippen MR) is 247 cm³/mol. The lowest BCUT2D eigenvalue weighted by Crippen LogP contribution is -2.10. The Morgan fingerprint density at radius 1 is 0.310 bits per heavy atom. The number of aromatic nitrogens is 1. The summed E-state index contributed by atoms with van der Waals surface area (Å²) in [5, 5.41) is 2.57. The molecule has 1 heterocycles. The highest BCUT2D eigenvalue weighted by atomic mass is 15.1. The van der Waals surface area contributed by atoms with Crippen molar-refractivity contribution >= 4 is 38.9 Å². The third-order valence-electron chi connectivity index (χ3n) is 11.3. The second-order valence-electron chi connectivity index (χ2n) is 15.2. The maximum atomic E-state index is 2.41. The van der Waals surface area contributed by atoms with E-state index < -0.39 is 0 Å². The average molecular weight is 743 g/mol. The summed E-state index contributed by atoms with van der Waals surface area (Å²) < 4.78 is 2.41. The molecule has 0 aliphatic rings. The molecule has 0 aliphatic heterocycles. The molecule has 9 aromatic carbocycles. The Bertz CT molecular complexity index is 2990. The van der Waals surface area contributed by atoms with E-state index in [0.717, 1.165) is 28.3 Å². The molecular formula is C56H42N2. The number of benzene rings is 9. The lowest BCUT2D eigenvalue weighted by atomic mass is 9.94. The van der Waals surface area contributed by atoms with Gasteiger partial charge in [-0.05, 0) is 131 Å². The van der Waals surface area contributed by atoms with Gasteiger partial charge in [-0.1, -0.05) is 157 Å². The fourth-order valence-electron chi connectivity index (χ4n) is 8.45. The van der Waals surface area contributed by atoms with Crippen LogP contribution in [0.1, 0.15) is 11.1 Å². The lowest BCUT2D eigenvalue weighted by Gasteiger charge is -2.26. The van der Waals surface area contributed by atoms with Crippen LogP contribution in [0.5, 0.6) is 0 Å². The summed E-state index contributed by atoms with van der Waals surface area (Å²) in [5.74, 6) is 0. The van der Waals surface area contributed by atoms with Gasteiger partial charge in [-0.2, -0.15) is 0 Å². The van der Waals surface area contributed by atoms with E-state index in [4.69, 9.17) is 0 Å². The molecule has 0 atom stereocenters. The molecule has 0 bridgehead atoms. The molecule has 0 spiro atoms. The Kier molecular flexibility index (Phi) is 9.01. The van der Waals surface area contributed by atoms with Gasteiger partial charge in [0.2, 0.25) is 0 Å². The minimum absolute atomic E-state index is 1.09. The van der Waals surface area contributed by atoms with Crippen molar-refractivity contribution in [3.8, 4) is 50.2 Å². The van der Waals surface area contributed by atoms with E-state index in [1.807, 2.05) is 0 Å². The van der Waals surface area contributed by atoms with E-state index in [9.17, 15) is 0 Å². The van der Waals surface area contributed by atoms with Crippen molar-refractivity contribution < 1.29 is 0 Å². The van der Waals surface area contributed by atoms with Crippen molar-refractivity contribution in [3.63, 3.8) is 0 Å². The lowest BCUT2D eigenvalue weighted by molar-refractivity contribution is 1.18. The molecule has 2 heteroatoms.